The number of halogens is 1. The summed E-state index contributed by atoms with van der Waals surface area (Å²) in [5.74, 6) is -0.557. The van der Waals surface area contributed by atoms with Crippen LogP contribution in [-0.2, 0) is 0 Å². The molecule has 0 saturated carbocycles. The third-order valence-corrected chi connectivity index (χ3v) is 4.22. The molecular formula is C21H20FNO2. The van der Waals surface area contributed by atoms with Gasteiger partial charge >= 0.3 is 0 Å². The standard InChI is InChI=1S/C21H20FNO2/c1-14-8-10-17(11-9-14)23-15(2)12-18(16(23)3)20(24)13-25-21-7-5-4-6-19(21)22/h4-12H,13H2,1-3H3. The van der Waals surface area contributed by atoms with Gasteiger partial charge in [0.15, 0.2) is 18.2 Å². The molecule has 3 rings (SSSR count). The zero-order chi connectivity index (χ0) is 18.0. The SMILES string of the molecule is Cc1ccc(-n2c(C)cc(C(=O)COc3ccccc3F)c2C)cc1. The summed E-state index contributed by atoms with van der Waals surface area (Å²) in [5, 5.41) is 0. The minimum absolute atomic E-state index is 0.0863. The van der Waals surface area contributed by atoms with Gasteiger partial charge in [0.2, 0.25) is 5.78 Å². The van der Waals surface area contributed by atoms with Crippen LogP contribution in [0.25, 0.3) is 5.69 Å². The van der Waals surface area contributed by atoms with Crippen LogP contribution in [-0.4, -0.2) is 17.0 Å². The molecule has 0 unspecified atom stereocenters. The number of aromatic nitrogens is 1. The van der Waals surface area contributed by atoms with Gasteiger partial charge in [0.1, 0.15) is 0 Å². The average Bonchev–Trinajstić information content (AvgIpc) is 2.89. The fourth-order valence-electron chi connectivity index (χ4n) is 2.92. The van der Waals surface area contributed by atoms with Crippen LogP contribution in [0.3, 0.4) is 0 Å². The van der Waals surface area contributed by atoms with E-state index in [1.54, 1.807) is 12.1 Å². The zero-order valence-electron chi connectivity index (χ0n) is 14.5. The Bertz CT molecular complexity index is 910. The van der Waals surface area contributed by atoms with Crippen molar-refractivity contribution >= 4 is 5.78 Å². The Labute approximate surface area is 146 Å². The normalized spacial score (nSPS) is 10.7. The maximum absolute atomic E-state index is 13.6. The van der Waals surface area contributed by atoms with E-state index in [4.69, 9.17) is 4.74 Å². The number of hydrogen-bond donors (Lipinski definition) is 0. The van der Waals surface area contributed by atoms with Crippen molar-refractivity contribution < 1.29 is 13.9 Å². The van der Waals surface area contributed by atoms with Gasteiger partial charge in [-0.2, -0.15) is 0 Å². The van der Waals surface area contributed by atoms with Crippen LogP contribution in [0.15, 0.2) is 54.6 Å². The summed E-state index contributed by atoms with van der Waals surface area (Å²) in [7, 11) is 0. The quantitative estimate of drug-likeness (QED) is 0.626. The number of ketones is 1. The van der Waals surface area contributed by atoms with Crippen molar-refractivity contribution in [2.75, 3.05) is 6.61 Å². The summed E-state index contributed by atoms with van der Waals surface area (Å²) >= 11 is 0. The van der Waals surface area contributed by atoms with Crippen LogP contribution in [0.1, 0.15) is 27.3 Å². The summed E-state index contributed by atoms with van der Waals surface area (Å²) in [4.78, 5) is 12.5. The van der Waals surface area contributed by atoms with Crippen LogP contribution in [0.5, 0.6) is 5.75 Å². The summed E-state index contributed by atoms with van der Waals surface area (Å²) in [6, 6.07) is 16.1. The number of Topliss-reactive ketones (excluding diaryl/α,β-unsaturated/α-hetero) is 1. The molecule has 0 aliphatic carbocycles. The number of aryl methyl sites for hydroxylation is 2. The van der Waals surface area contributed by atoms with Gasteiger partial charge in [0, 0.05) is 22.6 Å². The average molecular weight is 337 g/mol. The highest BCUT2D eigenvalue weighted by Crippen LogP contribution is 2.22. The molecule has 4 heteroatoms. The molecule has 0 spiro atoms. The van der Waals surface area contributed by atoms with Gasteiger partial charge in [0.25, 0.3) is 0 Å². The molecule has 128 valence electrons. The molecule has 0 radical (unpaired) electrons. The number of nitrogens with zero attached hydrogens (tertiary/aromatic N) is 1. The first-order valence-corrected chi connectivity index (χ1v) is 8.14. The Hall–Kier alpha value is -2.88. The summed E-state index contributed by atoms with van der Waals surface area (Å²) < 4.78 is 21.0. The van der Waals surface area contributed by atoms with Crippen molar-refractivity contribution in [2.45, 2.75) is 20.8 Å². The van der Waals surface area contributed by atoms with E-state index in [2.05, 4.69) is 0 Å². The summed E-state index contributed by atoms with van der Waals surface area (Å²) in [5.41, 5.74) is 4.60. The largest absolute Gasteiger partial charge is 0.482 e. The molecule has 3 aromatic rings. The fraction of sp³-hybridized carbons (Fsp3) is 0.190. The molecule has 0 atom stereocenters. The maximum atomic E-state index is 13.6. The Morgan fingerprint density at radius 2 is 1.72 bits per heavy atom. The molecule has 1 aromatic heterocycles. The van der Waals surface area contributed by atoms with Crippen LogP contribution in [0.2, 0.25) is 0 Å². The van der Waals surface area contributed by atoms with Gasteiger partial charge in [-0.15, -0.1) is 0 Å². The van der Waals surface area contributed by atoms with E-state index in [0.717, 1.165) is 17.1 Å². The van der Waals surface area contributed by atoms with E-state index in [1.807, 2.05) is 55.7 Å². The van der Waals surface area contributed by atoms with E-state index in [-0.39, 0.29) is 18.1 Å². The second-order valence-corrected chi connectivity index (χ2v) is 6.10. The lowest BCUT2D eigenvalue weighted by molar-refractivity contribution is 0.0918. The highest BCUT2D eigenvalue weighted by atomic mass is 19.1. The molecule has 0 aliphatic heterocycles. The van der Waals surface area contributed by atoms with Crippen LogP contribution >= 0.6 is 0 Å². The molecule has 0 bridgehead atoms. The topological polar surface area (TPSA) is 31.2 Å². The molecule has 0 N–H and O–H groups in total. The molecule has 0 amide bonds. The van der Waals surface area contributed by atoms with E-state index < -0.39 is 5.82 Å². The Kier molecular flexibility index (Phi) is 4.70. The summed E-state index contributed by atoms with van der Waals surface area (Å²) in [6.07, 6.45) is 0. The fourth-order valence-corrected chi connectivity index (χ4v) is 2.92. The summed E-state index contributed by atoms with van der Waals surface area (Å²) in [6.45, 7) is 5.71. The number of para-hydroxylation sites is 1. The van der Waals surface area contributed by atoms with Crippen LogP contribution in [0.4, 0.5) is 4.39 Å². The number of carbonyl (C=O) groups is 1. The highest BCUT2D eigenvalue weighted by Gasteiger charge is 2.17. The molecule has 1 heterocycles. The monoisotopic (exact) mass is 337 g/mol. The number of carbonyl (C=O) groups excluding carboxylic acids is 1. The van der Waals surface area contributed by atoms with Crippen LogP contribution < -0.4 is 4.74 Å². The van der Waals surface area contributed by atoms with Gasteiger partial charge in [-0.3, -0.25) is 4.79 Å². The molecule has 25 heavy (non-hydrogen) atoms. The van der Waals surface area contributed by atoms with Gasteiger partial charge in [-0.25, -0.2) is 4.39 Å². The minimum atomic E-state index is -0.472. The van der Waals surface area contributed by atoms with Crippen molar-refractivity contribution in [3.8, 4) is 11.4 Å². The minimum Gasteiger partial charge on any atom is -0.482 e. The van der Waals surface area contributed by atoms with E-state index in [0.29, 0.717) is 5.56 Å². The molecule has 0 fully saturated rings. The molecule has 0 aliphatic rings. The second-order valence-electron chi connectivity index (χ2n) is 6.10. The lowest BCUT2D eigenvalue weighted by atomic mass is 10.1. The first-order chi connectivity index (χ1) is 12.0. The Balaban J connectivity index is 1.83. The molecular weight excluding hydrogens is 317 g/mol. The molecule has 2 aromatic carbocycles. The van der Waals surface area contributed by atoms with Gasteiger partial charge in [-0.05, 0) is 51.1 Å². The van der Waals surface area contributed by atoms with Crippen LogP contribution in [0, 0.1) is 26.6 Å². The maximum Gasteiger partial charge on any atom is 0.202 e. The second kappa shape index (κ2) is 6.93. The third kappa shape index (κ3) is 3.48. The van der Waals surface area contributed by atoms with E-state index in [9.17, 15) is 9.18 Å². The molecule has 0 saturated heterocycles. The first kappa shape index (κ1) is 17.0. The molecule has 3 nitrogen and oxygen atoms in total. The van der Waals surface area contributed by atoms with Gasteiger partial charge in [0.05, 0.1) is 0 Å². The number of benzene rings is 2. The lowest BCUT2D eigenvalue weighted by Gasteiger charge is -2.10. The van der Waals surface area contributed by atoms with E-state index >= 15 is 0 Å². The van der Waals surface area contributed by atoms with Crippen molar-refractivity contribution in [3.05, 3.63) is 82.9 Å². The smallest absolute Gasteiger partial charge is 0.202 e. The van der Waals surface area contributed by atoms with Gasteiger partial charge in [-0.1, -0.05) is 29.8 Å². The van der Waals surface area contributed by atoms with Crippen molar-refractivity contribution in [1.82, 2.24) is 4.57 Å². The van der Waals surface area contributed by atoms with Crippen molar-refractivity contribution in [2.24, 2.45) is 0 Å². The van der Waals surface area contributed by atoms with E-state index in [1.165, 1.54) is 17.7 Å². The third-order valence-electron chi connectivity index (χ3n) is 4.22. The van der Waals surface area contributed by atoms with Crippen molar-refractivity contribution in [1.29, 1.82) is 0 Å². The van der Waals surface area contributed by atoms with Crippen molar-refractivity contribution in [3.63, 3.8) is 0 Å². The predicted octanol–water partition coefficient (Wildman–Crippen LogP) is 4.80. The Morgan fingerprint density at radius 1 is 1.04 bits per heavy atom. The predicted molar refractivity (Wildman–Crippen MR) is 96.2 cm³/mol. The number of hydrogen-bond acceptors (Lipinski definition) is 2. The first-order valence-electron chi connectivity index (χ1n) is 8.14. The highest BCUT2D eigenvalue weighted by molar-refractivity contribution is 5.98. The lowest BCUT2D eigenvalue weighted by Crippen LogP contribution is -2.13. The Morgan fingerprint density at radius 3 is 2.40 bits per heavy atom. The zero-order valence-corrected chi connectivity index (χ0v) is 14.5. The number of ether oxygens (including phenoxy) is 1. The number of rotatable bonds is 5. The van der Waals surface area contributed by atoms with Gasteiger partial charge < -0.3 is 9.30 Å².